The van der Waals surface area contributed by atoms with Crippen LogP contribution in [-0.2, 0) is 4.74 Å². The summed E-state index contributed by atoms with van der Waals surface area (Å²) in [5.41, 5.74) is 0.614. The van der Waals surface area contributed by atoms with Crippen molar-refractivity contribution in [2.75, 3.05) is 6.61 Å². The highest BCUT2D eigenvalue weighted by atomic mass is 127. The monoisotopic (exact) mass is 333 g/mol. The first-order valence-corrected chi connectivity index (χ1v) is 5.72. The van der Waals surface area contributed by atoms with Crippen molar-refractivity contribution in [1.29, 1.82) is 5.26 Å². The smallest absolute Gasteiger partial charge is 0.340 e. The Morgan fingerprint density at radius 3 is 2.87 bits per heavy atom. The minimum atomic E-state index is -0.466. The van der Waals surface area contributed by atoms with Crippen molar-refractivity contribution in [3.63, 3.8) is 0 Å². The summed E-state index contributed by atoms with van der Waals surface area (Å²) in [5, 5.41) is 8.89. The van der Waals surface area contributed by atoms with Crippen LogP contribution >= 0.6 is 35.2 Å². The van der Waals surface area contributed by atoms with Crippen molar-refractivity contribution >= 4 is 41.2 Å². The van der Waals surface area contributed by atoms with Crippen molar-refractivity contribution in [3.8, 4) is 6.07 Å². The summed E-state index contributed by atoms with van der Waals surface area (Å²) in [4.78, 5) is 12.2. The zero-order valence-corrected chi connectivity index (χ0v) is 11.0. The van der Waals surface area contributed by atoms with Crippen LogP contribution in [0.1, 0.15) is 22.8 Å². The van der Waals surface area contributed by atoms with Crippen LogP contribution in [0.2, 0.25) is 0 Å². The molecule has 1 aromatic rings. The van der Waals surface area contributed by atoms with E-state index in [2.05, 4.69) is 12.6 Å². The second kappa shape index (κ2) is 5.37. The van der Waals surface area contributed by atoms with Crippen LogP contribution in [0.3, 0.4) is 0 Å². The quantitative estimate of drug-likeness (QED) is 0.514. The number of rotatable bonds is 2. The second-order valence-electron chi connectivity index (χ2n) is 2.68. The maximum atomic E-state index is 11.6. The van der Waals surface area contributed by atoms with Gasteiger partial charge in [0.1, 0.15) is 6.07 Å². The summed E-state index contributed by atoms with van der Waals surface area (Å²) >= 11 is 6.13. The lowest BCUT2D eigenvalue weighted by atomic mass is 10.1. The van der Waals surface area contributed by atoms with Gasteiger partial charge in [-0.1, -0.05) is 0 Å². The average molecular weight is 333 g/mol. The Morgan fingerprint density at radius 2 is 2.33 bits per heavy atom. The third kappa shape index (κ3) is 2.86. The predicted octanol–water partition coefficient (Wildman–Crippen LogP) is 2.63. The summed E-state index contributed by atoms with van der Waals surface area (Å²) in [7, 11) is 0. The van der Waals surface area contributed by atoms with E-state index >= 15 is 0 Å². The Hall–Kier alpha value is -0.740. The fraction of sp³-hybridized carbons (Fsp3) is 0.200. The third-order valence-electron chi connectivity index (χ3n) is 1.68. The van der Waals surface area contributed by atoms with Gasteiger partial charge in [-0.3, -0.25) is 0 Å². The number of thiol groups is 1. The molecule has 0 spiro atoms. The van der Waals surface area contributed by atoms with Crippen LogP contribution in [0.15, 0.2) is 17.0 Å². The average Bonchev–Trinajstić information content (AvgIpc) is 2.16. The lowest BCUT2D eigenvalue weighted by molar-refractivity contribution is 0.0524. The molecule has 0 bridgehead atoms. The largest absolute Gasteiger partial charge is 0.462 e. The van der Waals surface area contributed by atoms with Crippen molar-refractivity contribution in [1.82, 2.24) is 0 Å². The van der Waals surface area contributed by atoms with E-state index in [1.54, 1.807) is 19.1 Å². The molecule has 0 aliphatic rings. The lowest BCUT2D eigenvalue weighted by Gasteiger charge is -2.06. The molecule has 0 aliphatic carbocycles. The van der Waals surface area contributed by atoms with Gasteiger partial charge in [0.15, 0.2) is 0 Å². The van der Waals surface area contributed by atoms with E-state index in [1.165, 1.54) is 0 Å². The van der Waals surface area contributed by atoms with Crippen molar-refractivity contribution in [3.05, 3.63) is 26.8 Å². The van der Waals surface area contributed by atoms with E-state index < -0.39 is 5.97 Å². The molecule has 0 saturated heterocycles. The fourth-order valence-corrected chi connectivity index (χ4v) is 2.44. The van der Waals surface area contributed by atoms with Gasteiger partial charge in [-0.2, -0.15) is 5.26 Å². The maximum Gasteiger partial charge on any atom is 0.340 e. The molecular weight excluding hydrogens is 325 g/mol. The highest BCUT2D eigenvalue weighted by molar-refractivity contribution is 14.1. The van der Waals surface area contributed by atoms with E-state index in [0.717, 1.165) is 0 Å². The Bertz CT molecular complexity index is 440. The van der Waals surface area contributed by atoms with Gasteiger partial charge in [0.2, 0.25) is 0 Å². The molecular formula is C10H8INO2S. The van der Waals surface area contributed by atoms with Gasteiger partial charge >= 0.3 is 5.97 Å². The number of benzene rings is 1. The molecule has 5 heteroatoms. The summed E-state index contributed by atoms with van der Waals surface area (Å²) in [6, 6.07) is 5.23. The van der Waals surface area contributed by atoms with Crippen LogP contribution in [0.5, 0.6) is 0 Å². The molecule has 78 valence electrons. The molecule has 0 atom stereocenters. The first kappa shape index (κ1) is 12.3. The molecule has 1 aromatic carbocycles. The molecule has 0 saturated carbocycles. The number of carbonyl (C=O) groups is 1. The summed E-state index contributed by atoms with van der Waals surface area (Å²) in [6.07, 6.45) is 0. The summed E-state index contributed by atoms with van der Waals surface area (Å²) in [5.74, 6) is -0.466. The van der Waals surface area contributed by atoms with Gasteiger partial charge in [-0.15, -0.1) is 12.6 Å². The molecule has 1 rings (SSSR count). The molecule has 15 heavy (non-hydrogen) atoms. The topological polar surface area (TPSA) is 50.1 Å². The standard InChI is InChI=1S/C10H8INO2S/c1-2-14-10(13)9-6(5-12)3-7(15)4-8(9)11/h3-4,15H,2H2,1H3. The summed E-state index contributed by atoms with van der Waals surface area (Å²) in [6.45, 7) is 2.02. The highest BCUT2D eigenvalue weighted by Gasteiger charge is 2.16. The van der Waals surface area contributed by atoms with Gasteiger partial charge in [-0.05, 0) is 41.6 Å². The number of nitriles is 1. The van der Waals surface area contributed by atoms with Crippen LogP contribution in [0.25, 0.3) is 0 Å². The SMILES string of the molecule is CCOC(=O)c1c(I)cc(S)cc1C#N. The second-order valence-corrected chi connectivity index (χ2v) is 4.36. The highest BCUT2D eigenvalue weighted by Crippen LogP contribution is 2.22. The van der Waals surface area contributed by atoms with Crippen LogP contribution in [0, 0.1) is 14.9 Å². The molecule has 0 amide bonds. The van der Waals surface area contributed by atoms with Crippen molar-refractivity contribution in [2.45, 2.75) is 11.8 Å². The number of halogens is 1. The molecule has 0 aromatic heterocycles. The maximum absolute atomic E-state index is 11.6. The van der Waals surface area contributed by atoms with E-state index in [0.29, 0.717) is 26.2 Å². The predicted molar refractivity (Wildman–Crippen MR) is 67.1 cm³/mol. The minimum Gasteiger partial charge on any atom is -0.462 e. The van der Waals surface area contributed by atoms with E-state index in [1.807, 2.05) is 28.7 Å². The molecule has 0 fully saturated rings. The van der Waals surface area contributed by atoms with Crippen LogP contribution in [-0.4, -0.2) is 12.6 Å². The van der Waals surface area contributed by atoms with Gasteiger partial charge < -0.3 is 4.74 Å². The van der Waals surface area contributed by atoms with Crippen molar-refractivity contribution < 1.29 is 9.53 Å². The zero-order chi connectivity index (χ0) is 11.4. The number of esters is 1. The third-order valence-corrected chi connectivity index (χ3v) is 2.78. The molecule has 0 radical (unpaired) electrons. The first-order valence-electron chi connectivity index (χ1n) is 4.19. The summed E-state index contributed by atoms with van der Waals surface area (Å²) < 4.78 is 5.55. The number of carbonyl (C=O) groups excluding carboxylic acids is 1. The number of ether oxygens (including phenoxy) is 1. The Kier molecular flexibility index (Phi) is 4.42. The minimum absolute atomic E-state index is 0.294. The zero-order valence-electron chi connectivity index (χ0n) is 7.95. The number of hydrogen-bond acceptors (Lipinski definition) is 4. The normalized spacial score (nSPS) is 9.47. The van der Waals surface area contributed by atoms with E-state index in [4.69, 9.17) is 10.00 Å². The van der Waals surface area contributed by atoms with Crippen LogP contribution < -0.4 is 0 Å². The fourth-order valence-electron chi connectivity index (χ4n) is 1.09. The molecule has 0 heterocycles. The molecule has 0 aliphatic heterocycles. The molecule has 3 nitrogen and oxygen atoms in total. The van der Waals surface area contributed by atoms with E-state index in [9.17, 15) is 4.79 Å². The number of hydrogen-bond donors (Lipinski definition) is 1. The Balaban J connectivity index is 3.28. The number of nitrogens with zero attached hydrogens (tertiary/aromatic N) is 1. The van der Waals surface area contributed by atoms with Gasteiger partial charge in [0, 0.05) is 8.47 Å². The van der Waals surface area contributed by atoms with Crippen LogP contribution in [0.4, 0.5) is 0 Å². The molecule has 0 N–H and O–H groups in total. The lowest BCUT2D eigenvalue weighted by Crippen LogP contribution is -2.09. The Morgan fingerprint density at radius 1 is 1.67 bits per heavy atom. The molecule has 0 unspecified atom stereocenters. The van der Waals surface area contributed by atoms with Gasteiger partial charge in [0.25, 0.3) is 0 Å². The van der Waals surface area contributed by atoms with E-state index in [-0.39, 0.29) is 0 Å². The Labute approximate surface area is 107 Å². The van der Waals surface area contributed by atoms with Gasteiger partial charge in [-0.25, -0.2) is 4.79 Å². The van der Waals surface area contributed by atoms with Gasteiger partial charge in [0.05, 0.1) is 17.7 Å². The first-order chi connectivity index (χ1) is 7.10. The van der Waals surface area contributed by atoms with Crippen molar-refractivity contribution in [2.24, 2.45) is 0 Å².